The topological polar surface area (TPSA) is 0 Å². The highest BCUT2D eigenvalue weighted by molar-refractivity contribution is 8.03. The lowest BCUT2D eigenvalue weighted by molar-refractivity contribution is 0.179. The van der Waals surface area contributed by atoms with Gasteiger partial charge in [0.15, 0.2) is 0 Å². The van der Waals surface area contributed by atoms with Gasteiger partial charge in [0.25, 0.3) is 0 Å². The third-order valence-electron chi connectivity index (χ3n) is 4.66. The first-order valence-corrected chi connectivity index (χ1v) is 6.86. The lowest BCUT2D eigenvalue weighted by Crippen LogP contribution is -2.29. The number of fused-ring (bicyclic) bond motifs is 2. The second-order valence-electron chi connectivity index (χ2n) is 5.58. The van der Waals surface area contributed by atoms with Gasteiger partial charge in [0.1, 0.15) is 0 Å². The third kappa shape index (κ3) is 1.21. The summed E-state index contributed by atoms with van der Waals surface area (Å²) in [6.45, 7) is 9.67. The Bertz CT molecular complexity index is 264. The summed E-state index contributed by atoms with van der Waals surface area (Å²) in [5.74, 6) is 2.15. The quantitative estimate of drug-likeness (QED) is 0.662. The van der Waals surface area contributed by atoms with E-state index in [4.69, 9.17) is 0 Å². The van der Waals surface area contributed by atoms with E-state index in [1.165, 1.54) is 25.0 Å². The van der Waals surface area contributed by atoms with Gasteiger partial charge in [-0.2, -0.15) is 0 Å². The zero-order valence-corrected chi connectivity index (χ0v) is 10.7. The fraction of sp³-hybridized carbons (Fsp3) is 0.846. The minimum Gasteiger partial charge on any atom is -0.130 e. The van der Waals surface area contributed by atoms with Gasteiger partial charge in [0.2, 0.25) is 0 Å². The van der Waals surface area contributed by atoms with Crippen molar-refractivity contribution < 1.29 is 0 Å². The molecule has 0 heterocycles. The van der Waals surface area contributed by atoms with E-state index in [2.05, 4.69) is 45.5 Å². The molecule has 0 aliphatic heterocycles. The normalized spacial score (nSPS) is 38.9. The maximum atomic E-state index is 2.57. The highest BCUT2D eigenvalue weighted by Gasteiger charge is 2.56. The molecular formula is C13H22S. The summed E-state index contributed by atoms with van der Waals surface area (Å²) in [4.78, 5) is 1.70. The van der Waals surface area contributed by atoms with Crippen molar-refractivity contribution in [3.63, 3.8) is 0 Å². The SMILES string of the molecule is CCCSC1=CC2CC[C@]1(C)C2(C)C. The molecule has 1 fully saturated rings. The first-order valence-electron chi connectivity index (χ1n) is 5.87. The molecule has 0 nitrogen and oxygen atoms in total. The van der Waals surface area contributed by atoms with Crippen molar-refractivity contribution in [2.45, 2.75) is 47.0 Å². The van der Waals surface area contributed by atoms with E-state index in [1.54, 1.807) is 4.91 Å². The Hall–Kier alpha value is 0.0900. The summed E-state index contributed by atoms with van der Waals surface area (Å²) >= 11 is 2.11. The summed E-state index contributed by atoms with van der Waals surface area (Å²) in [6, 6.07) is 0. The first kappa shape index (κ1) is 10.6. The molecule has 0 saturated heterocycles. The highest BCUT2D eigenvalue weighted by atomic mass is 32.2. The van der Waals surface area contributed by atoms with Crippen molar-refractivity contribution in [2.24, 2.45) is 16.7 Å². The van der Waals surface area contributed by atoms with Crippen molar-refractivity contribution in [3.8, 4) is 0 Å². The molecule has 1 saturated carbocycles. The van der Waals surface area contributed by atoms with Gasteiger partial charge in [-0.1, -0.05) is 33.8 Å². The first-order chi connectivity index (χ1) is 6.52. The van der Waals surface area contributed by atoms with Gasteiger partial charge < -0.3 is 0 Å². The van der Waals surface area contributed by atoms with Gasteiger partial charge in [0.05, 0.1) is 0 Å². The molecule has 2 rings (SSSR count). The number of hydrogen-bond donors (Lipinski definition) is 0. The smallest absolute Gasteiger partial charge is 0.00384 e. The fourth-order valence-corrected chi connectivity index (χ4v) is 4.42. The number of rotatable bonds is 3. The summed E-state index contributed by atoms with van der Waals surface area (Å²) in [7, 11) is 0. The van der Waals surface area contributed by atoms with Crippen molar-refractivity contribution in [2.75, 3.05) is 5.75 Å². The van der Waals surface area contributed by atoms with Gasteiger partial charge in [-0.25, -0.2) is 0 Å². The van der Waals surface area contributed by atoms with Crippen molar-refractivity contribution in [1.29, 1.82) is 0 Å². The van der Waals surface area contributed by atoms with Crippen LogP contribution in [0.3, 0.4) is 0 Å². The molecule has 14 heavy (non-hydrogen) atoms. The van der Waals surface area contributed by atoms with E-state index in [9.17, 15) is 0 Å². The van der Waals surface area contributed by atoms with Crippen molar-refractivity contribution in [3.05, 3.63) is 11.0 Å². The number of allylic oxidation sites excluding steroid dienone is 2. The van der Waals surface area contributed by atoms with Crippen LogP contribution in [-0.2, 0) is 0 Å². The summed E-state index contributed by atoms with van der Waals surface area (Å²) in [5, 5.41) is 0. The average molecular weight is 210 g/mol. The maximum absolute atomic E-state index is 2.57. The zero-order chi connectivity index (χ0) is 10.4. The Morgan fingerprint density at radius 3 is 2.57 bits per heavy atom. The van der Waals surface area contributed by atoms with Crippen LogP contribution in [0, 0.1) is 16.7 Å². The van der Waals surface area contributed by atoms with Crippen LogP contribution >= 0.6 is 11.8 Å². The van der Waals surface area contributed by atoms with E-state index in [1.807, 2.05) is 0 Å². The Kier molecular flexibility index (Phi) is 2.50. The molecule has 1 unspecified atom stereocenters. The van der Waals surface area contributed by atoms with Gasteiger partial charge >= 0.3 is 0 Å². The number of thioether (sulfide) groups is 1. The number of hydrogen-bond acceptors (Lipinski definition) is 1. The van der Waals surface area contributed by atoms with Gasteiger partial charge in [-0.15, -0.1) is 11.8 Å². The molecule has 0 amide bonds. The molecule has 0 spiro atoms. The van der Waals surface area contributed by atoms with Crippen LogP contribution in [0.4, 0.5) is 0 Å². The molecule has 0 radical (unpaired) electrons. The van der Waals surface area contributed by atoms with Crippen LogP contribution in [0.5, 0.6) is 0 Å². The minimum atomic E-state index is 0.498. The van der Waals surface area contributed by atoms with Crippen LogP contribution < -0.4 is 0 Å². The zero-order valence-electron chi connectivity index (χ0n) is 9.89. The van der Waals surface area contributed by atoms with Gasteiger partial charge in [-0.05, 0) is 41.3 Å². The lowest BCUT2D eigenvalue weighted by Gasteiger charge is -2.37. The van der Waals surface area contributed by atoms with Crippen molar-refractivity contribution >= 4 is 11.8 Å². The van der Waals surface area contributed by atoms with Crippen LogP contribution in [0.1, 0.15) is 47.0 Å². The standard InChI is InChI=1S/C13H22S/c1-5-8-14-11-9-10-6-7-13(11,4)12(10,2)3/h9-10H,5-8H2,1-4H3/t10?,13-/m0/s1. The van der Waals surface area contributed by atoms with E-state index in [-0.39, 0.29) is 0 Å². The lowest BCUT2D eigenvalue weighted by atomic mass is 9.70. The molecule has 0 aromatic rings. The molecule has 2 aliphatic rings. The molecule has 2 aliphatic carbocycles. The molecule has 0 aromatic carbocycles. The molecule has 0 aromatic heterocycles. The second-order valence-corrected chi connectivity index (χ2v) is 6.72. The maximum Gasteiger partial charge on any atom is 0.00384 e. The molecule has 80 valence electrons. The summed E-state index contributed by atoms with van der Waals surface area (Å²) in [5.41, 5.74) is 1.01. The molecule has 0 N–H and O–H groups in total. The molecular weight excluding hydrogens is 188 g/mol. The van der Waals surface area contributed by atoms with Gasteiger partial charge in [0, 0.05) is 5.41 Å². The summed E-state index contributed by atoms with van der Waals surface area (Å²) < 4.78 is 0. The van der Waals surface area contributed by atoms with Crippen molar-refractivity contribution in [1.82, 2.24) is 0 Å². The van der Waals surface area contributed by atoms with E-state index < -0.39 is 0 Å². The van der Waals surface area contributed by atoms with Crippen LogP contribution in [0.25, 0.3) is 0 Å². The predicted octanol–water partition coefficient (Wildman–Crippen LogP) is 4.47. The predicted molar refractivity (Wildman–Crippen MR) is 65.4 cm³/mol. The Morgan fingerprint density at radius 2 is 2.14 bits per heavy atom. The van der Waals surface area contributed by atoms with E-state index >= 15 is 0 Å². The Labute approximate surface area is 92.5 Å². The monoisotopic (exact) mass is 210 g/mol. The minimum absolute atomic E-state index is 0.498. The van der Waals surface area contributed by atoms with E-state index in [0.717, 1.165) is 5.92 Å². The third-order valence-corrected chi connectivity index (χ3v) is 6.17. The Balaban J connectivity index is 2.19. The molecule has 2 atom stereocenters. The van der Waals surface area contributed by atoms with Gasteiger partial charge in [-0.3, -0.25) is 0 Å². The molecule has 2 bridgehead atoms. The van der Waals surface area contributed by atoms with Crippen LogP contribution in [0.15, 0.2) is 11.0 Å². The Morgan fingerprint density at radius 1 is 1.43 bits per heavy atom. The van der Waals surface area contributed by atoms with Crippen LogP contribution in [-0.4, -0.2) is 5.75 Å². The van der Waals surface area contributed by atoms with Crippen LogP contribution in [0.2, 0.25) is 0 Å². The largest absolute Gasteiger partial charge is 0.130 e. The molecule has 1 heteroatoms. The highest BCUT2D eigenvalue weighted by Crippen LogP contribution is 2.67. The van der Waals surface area contributed by atoms with E-state index in [0.29, 0.717) is 10.8 Å². The fourth-order valence-electron chi connectivity index (χ4n) is 3.05. The summed E-state index contributed by atoms with van der Waals surface area (Å²) in [6.07, 6.45) is 6.69. The average Bonchev–Trinajstić information content (AvgIpc) is 2.46. The second kappa shape index (κ2) is 3.30.